The number of primary amides is 1. The molecule has 0 aliphatic rings. The molecule has 10 heteroatoms. The maximum absolute atomic E-state index is 12.3. The standard InChI is InChI=1S/C16H19Cl2N3O5/c1-8(2)14(16(25)26-7-13(23)20-6-12(19)22)21-15(24)10-4-3-9(17)5-11(10)18/h3-5,8,14H,6-7H2,1-2H3,(H2,19,22)(H,20,23)(H,21,24)/t14-/m0/s1. The van der Waals surface area contributed by atoms with E-state index in [1.54, 1.807) is 13.8 Å². The summed E-state index contributed by atoms with van der Waals surface area (Å²) in [6, 6.07) is 3.33. The summed E-state index contributed by atoms with van der Waals surface area (Å²) in [6.07, 6.45) is 0. The van der Waals surface area contributed by atoms with Crippen LogP contribution < -0.4 is 16.4 Å². The zero-order chi connectivity index (χ0) is 19.9. The third kappa shape index (κ3) is 6.89. The van der Waals surface area contributed by atoms with Crippen molar-refractivity contribution in [3.8, 4) is 0 Å². The molecule has 0 radical (unpaired) electrons. The summed E-state index contributed by atoms with van der Waals surface area (Å²) in [7, 11) is 0. The number of carbonyl (C=O) groups excluding carboxylic acids is 4. The third-order valence-electron chi connectivity index (χ3n) is 3.19. The number of esters is 1. The fourth-order valence-electron chi connectivity index (χ4n) is 1.85. The number of halogens is 2. The molecule has 1 rings (SSSR count). The van der Waals surface area contributed by atoms with Crippen LogP contribution in [0.25, 0.3) is 0 Å². The van der Waals surface area contributed by atoms with Gasteiger partial charge in [-0.3, -0.25) is 14.4 Å². The molecule has 4 N–H and O–H groups in total. The van der Waals surface area contributed by atoms with Crippen LogP contribution in [-0.2, 0) is 19.1 Å². The lowest BCUT2D eigenvalue weighted by molar-refractivity contribution is -0.151. The minimum Gasteiger partial charge on any atom is -0.454 e. The van der Waals surface area contributed by atoms with Gasteiger partial charge in [-0.05, 0) is 24.1 Å². The fourth-order valence-corrected chi connectivity index (χ4v) is 2.35. The highest BCUT2D eigenvalue weighted by Crippen LogP contribution is 2.21. The number of hydrogen-bond acceptors (Lipinski definition) is 5. The second-order valence-electron chi connectivity index (χ2n) is 5.67. The number of carbonyl (C=O) groups is 4. The van der Waals surface area contributed by atoms with E-state index in [1.165, 1.54) is 18.2 Å². The smallest absolute Gasteiger partial charge is 0.329 e. The highest BCUT2D eigenvalue weighted by Gasteiger charge is 2.27. The van der Waals surface area contributed by atoms with E-state index in [4.69, 9.17) is 33.7 Å². The van der Waals surface area contributed by atoms with Crippen molar-refractivity contribution >= 4 is 46.9 Å². The molecular formula is C16H19Cl2N3O5. The van der Waals surface area contributed by atoms with E-state index in [1.807, 2.05) is 0 Å². The van der Waals surface area contributed by atoms with Crippen molar-refractivity contribution < 1.29 is 23.9 Å². The van der Waals surface area contributed by atoms with Gasteiger partial charge < -0.3 is 21.1 Å². The van der Waals surface area contributed by atoms with E-state index in [9.17, 15) is 19.2 Å². The predicted octanol–water partition coefficient (Wildman–Crippen LogP) is 0.892. The van der Waals surface area contributed by atoms with Crippen LogP contribution in [0.4, 0.5) is 0 Å². The number of benzene rings is 1. The average molecular weight is 404 g/mol. The largest absolute Gasteiger partial charge is 0.454 e. The van der Waals surface area contributed by atoms with Crippen molar-refractivity contribution in [1.82, 2.24) is 10.6 Å². The molecule has 0 saturated carbocycles. The number of amides is 3. The Morgan fingerprint density at radius 3 is 2.38 bits per heavy atom. The minimum atomic E-state index is -1.00. The van der Waals surface area contributed by atoms with E-state index >= 15 is 0 Å². The maximum Gasteiger partial charge on any atom is 0.329 e. The van der Waals surface area contributed by atoms with Crippen molar-refractivity contribution in [2.24, 2.45) is 11.7 Å². The maximum atomic E-state index is 12.3. The van der Waals surface area contributed by atoms with Gasteiger partial charge >= 0.3 is 5.97 Å². The molecule has 0 fully saturated rings. The third-order valence-corrected chi connectivity index (χ3v) is 3.74. The number of rotatable bonds is 8. The molecule has 0 aromatic heterocycles. The zero-order valence-electron chi connectivity index (χ0n) is 14.2. The molecule has 0 unspecified atom stereocenters. The summed E-state index contributed by atoms with van der Waals surface area (Å²) in [6.45, 7) is 2.42. The van der Waals surface area contributed by atoms with Crippen LogP contribution in [-0.4, -0.2) is 42.9 Å². The molecule has 0 spiro atoms. The van der Waals surface area contributed by atoms with E-state index < -0.39 is 36.3 Å². The SMILES string of the molecule is CC(C)[C@H](NC(=O)c1ccc(Cl)cc1Cl)C(=O)OCC(=O)NCC(N)=O. The van der Waals surface area contributed by atoms with Crippen LogP contribution >= 0.6 is 23.2 Å². The Bertz CT molecular complexity index is 709. The topological polar surface area (TPSA) is 128 Å². The number of ether oxygens (including phenoxy) is 1. The monoisotopic (exact) mass is 403 g/mol. The lowest BCUT2D eigenvalue weighted by Gasteiger charge is -2.21. The van der Waals surface area contributed by atoms with Crippen molar-refractivity contribution in [1.29, 1.82) is 0 Å². The summed E-state index contributed by atoms with van der Waals surface area (Å²) in [5, 5.41) is 5.20. The Kier molecular flexibility index (Phi) is 8.34. The lowest BCUT2D eigenvalue weighted by atomic mass is 10.0. The molecule has 1 aromatic carbocycles. The Morgan fingerprint density at radius 2 is 1.85 bits per heavy atom. The van der Waals surface area contributed by atoms with Gasteiger partial charge in [0.2, 0.25) is 5.91 Å². The van der Waals surface area contributed by atoms with Crippen molar-refractivity contribution in [3.63, 3.8) is 0 Å². The fraction of sp³-hybridized carbons (Fsp3) is 0.375. The van der Waals surface area contributed by atoms with Crippen LogP contribution in [0.1, 0.15) is 24.2 Å². The van der Waals surface area contributed by atoms with Gasteiger partial charge in [-0.15, -0.1) is 0 Å². The second-order valence-corrected chi connectivity index (χ2v) is 6.51. The number of hydrogen-bond donors (Lipinski definition) is 3. The molecule has 0 bridgehead atoms. The molecule has 26 heavy (non-hydrogen) atoms. The molecule has 142 valence electrons. The van der Waals surface area contributed by atoms with Gasteiger partial charge in [0, 0.05) is 5.02 Å². The van der Waals surface area contributed by atoms with Crippen molar-refractivity contribution in [2.75, 3.05) is 13.2 Å². The molecular weight excluding hydrogens is 385 g/mol. The van der Waals surface area contributed by atoms with Crippen LogP contribution in [0, 0.1) is 5.92 Å². The molecule has 0 aliphatic carbocycles. The minimum absolute atomic E-state index is 0.136. The zero-order valence-corrected chi connectivity index (χ0v) is 15.7. The highest BCUT2D eigenvalue weighted by molar-refractivity contribution is 6.36. The summed E-state index contributed by atoms with van der Waals surface area (Å²) >= 11 is 11.8. The Labute approximate surface area is 160 Å². The number of nitrogens with one attached hydrogen (secondary N) is 2. The molecule has 0 aliphatic heterocycles. The van der Waals surface area contributed by atoms with Crippen LogP contribution in [0.2, 0.25) is 10.0 Å². The first-order chi connectivity index (χ1) is 12.1. The molecule has 0 saturated heterocycles. The highest BCUT2D eigenvalue weighted by atomic mass is 35.5. The molecule has 0 heterocycles. The van der Waals surface area contributed by atoms with Gasteiger partial charge in [0.1, 0.15) is 6.04 Å². The van der Waals surface area contributed by atoms with E-state index in [2.05, 4.69) is 10.6 Å². The van der Waals surface area contributed by atoms with Gasteiger partial charge in [-0.2, -0.15) is 0 Å². The van der Waals surface area contributed by atoms with Gasteiger partial charge in [0.15, 0.2) is 6.61 Å². The molecule has 1 atom stereocenters. The average Bonchev–Trinajstić information content (AvgIpc) is 2.55. The summed E-state index contributed by atoms with van der Waals surface area (Å²) in [4.78, 5) is 46.5. The van der Waals surface area contributed by atoms with Crippen molar-refractivity contribution in [3.05, 3.63) is 33.8 Å². The molecule has 1 aromatic rings. The van der Waals surface area contributed by atoms with Crippen LogP contribution in [0.3, 0.4) is 0 Å². The second kappa shape index (κ2) is 9.98. The van der Waals surface area contributed by atoms with E-state index in [0.717, 1.165) is 0 Å². The molecule has 8 nitrogen and oxygen atoms in total. The first-order valence-corrected chi connectivity index (χ1v) is 8.35. The van der Waals surface area contributed by atoms with Gasteiger partial charge in [0.25, 0.3) is 11.8 Å². The first-order valence-electron chi connectivity index (χ1n) is 7.59. The van der Waals surface area contributed by atoms with Gasteiger partial charge in [-0.1, -0.05) is 37.0 Å². The summed E-state index contributed by atoms with van der Waals surface area (Å²) in [5.74, 6) is -3.11. The van der Waals surface area contributed by atoms with Gasteiger partial charge in [0.05, 0.1) is 17.1 Å². The Balaban J connectivity index is 2.70. The van der Waals surface area contributed by atoms with Crippen LogP contribution in [0.15, 0.2) is 18.2 Å². The van der Waals surface area contributed by atoms with Crippen molar-refractivity contribution in [2.45, 2.75) is 19.9 Å². The normalized spacial score (nSPS) is 11.6. The quantitative estimate of drug-likeness (QED) is 0.555. The number of nitrogens with two attached hydrogens (primary N) is 1. The summed E-state index contributed by atoms with van der Waals surface area (Å²) < 4.78 is 4.87. The predicted molar refractivity (Wildman–Crippen MR) is 95.7 cm³/mol. The Morgan fingerprint density at radius 1 is 1.19 bits per heavy atom. The first kappa shape index (κ1) is 21.7. The summed E-state index contributed by atoms with van der Waals surface area (Å²) in [5.41, 5.74) is 5.04. The molecule has 3 amide bonds. The van der Waals surface area contributed by atoms with E-state index in [0.29, 0.717) is 5.02 Å². The lowest BCUT2D eigenvalue weighted by Crippen LogP contribution is -2.46. The van der Waals surface area contributed by atoms with E-state index in [-0.39, 0.29) is 23.0 Å². The van der Waals surface area contributed by atoms with Crippen LogP contribution in [0.5, 0.6) is 0 Å². The van der Waals surface area contributed by atoms with Gasteiger partial charge in [-0.25, -0.2) is 4.79 Å². The Hall–Kier alpha value is -2.32.